The highest BCUT2D eigenvalue weighted by Gasteiger charge is 2.23. The van der Waals surface area contributed by atoms with Crippen molar-refractivity contribution in [3.63, 3.8) is 0 Å². The molecular formula is C13H17IO3. The monoisotopic (exact) mass is 348 g/mol. The Hall–Kier alpha value is -0.460. The number of rotatable bonds is 6. The van der Waals surface area contributed by atoms with E-state index in [-0.39, 0.29) is 5.78 Å². The summed E-state index contributed by atoms with van der Waals surface area (Å²) in [5, 5.41) is 9.49. The lowest BCUT2D eigenvalue weighted by Gasteiger charge is -2.18. The van der Waals surface area contributed by atoms with E-state index in [9.17, 15) is 9.90 Å². The molecule has 0 spiro atoms. The van der Waals surface area contributed by atoms with Crippen LogP contribution in [-0.4, -0.2) is 29.7 Å². The lowest BCUT2D eigenvalue weighted by atomic mass is 10.0. The zero-order valence-corrected chi connectivity index (χ0v) is 12.2. The molecule has 1 N–H and O–H groups in total. The van der Waals surface area contributed by atoms with Crippen LogP contribution in [0.25, 0.3) is 0 Å². The number of aliphatic hydroxyl groups is 1. The molecule has 0 amide bonds. The molecule has 0 bridgehead atoms. The van der Waals surface area contributed by atoms with Gasteiger partial charge >= 0.3 is 0 Å². The van der Waals surface area contributed by atoms with Crippen LogP contribution in [0.1, 0.15) is 19.4 Å². The summed E-state index contributed by atoms with van der Waals surface area (Å²) >= 11 is 2.22. The zero-order chi connectivity index (χ0) is 12.8. The van der Waals surface area contributed by atoms with Gasteiger partial charge in [-0.25, -0.2) is 0 Å². The fraction of sp³-hybridized carbons (Fsp3) is 0.462. The van der Waals surface area contributed by atoms with Crippen LogP contribution < -0.4 is 0 Å². The first kappa shape index (κ1) is 14.6. The fourth-order valence-electron chi connectivity index (χ4n) is 1.58. The zero-order valence-electron chi connectivity index (χ0n) is 10.0. The minimum Gasteiger partial charge on any atom is -0.390 e. The Morgan fingerprint density at radius 1 is 1.41 bits per heavy atom. The summed E-state index contributed by atoms with van der Waals surface area (Å²) in [5.41, 5.74) is 0.945. The van der Waals surface area contributed by atoms with Crippen molar-refractivity contribution in [3.05, 3.63) is 33.4 Å². The smallest absolute Gasteiger partial charge is 0.168 e. The number of Topliss-reactive ketones (excluding diaryl/α,β-unsaturated/α-hetero) is 1. The van der Waals surface area contributed by atoms with Crippen molar-refractivity contribution in [1.82, 2.24) is 0 Å². The van der Waals surface area contributed by atoms with E-state index < -0.39 is 12.2 Å². The van der Waals surface area contributed by atoms with Crippen molar-refractivity contribution in [2.24, 2.45) is 0 Å². The molecule has 1 aromatic carbocycles. The highest BCUT2D eigenvalue weighted by Crippen LogP contribution is 2.10. The first-order chi connectivity index (χ1) is 8.04. The molecule has 1 aromatic rings. The molecule has 0 saturated heterocycles. The second-order valence-electron chi connectivity index (χ2n) is 3.89. The highest BCUT2D eigenvalue weighted by atomic mass is 127. The molecule has 17 heavy (non-hydrogen) atoms. The van der Waals surface area contributed by atoms with Crippen LogP contribution in [0.5, 0.6) is 0 Å². The van der Waals surface area contributed by atoms with Gasteiger partial charge < -0.3 is 9.84 Å². The minimum atomic E-state index is -0.772. The van der Waals surface area contributed by atoms with Crippen molar-refractivity contribution in [1.29, 1.82) is 0 Å². The van der Waals surface area contributed by atoms with E-state index in [1.54, 1.807) is 6.92 Å². The van der Waals surface area contributed by atoms with E-state index in [1.165, 1.54) is 0 Å². The summed E-state index contributed by atoms with van der Waals surface area (Å²) in [5.74, 6) is -0.0805. The Kier molecular flexibility index (Phi) is 6.08. The normalized spacial score (nSPS) is 14.4. The summed E-state index contributed by atoms with van der Waals surface area (Å²) in [6, 6.07) is 7.76. The molecule has 0 heterocycles. The van der Waals surface area contributed by atoms with Gasteiger partial charge in [-0.1, -0.05) is 12.1 Å². The predicted octanol–water partition coefficient (Wildman–Crippen LogP) is 2.19. The molecule has 94 valence electrons. The van der Waals surface area contributed by atoms with Crippen LogP contribution in [0.15, 0.2) is 24.3 Å². The third kappa shape index (κ3) is 4.73. The van der Waals surface area contributed by atoms with Gasteiger partial charge in [0, 0.05) is 16.6 Å². The Balaban J connectivity index is 2.66. The van der Waals surface area contributed by atoms with Gasteiger partial charge in [0.15, 0.2) is 5.78 Å². The number of carbonyl (C=O) groups excluding carboxylic acids is 1. The first-order valence-electron chi connectivity index (χ1n) is 5.61. The quantitative estimate of drug-likeness (QED) is 0.802. The Morgan fingerprint density at radius 3 is 2.47 bits per heavy atom. The number of hydrogen-bond donors (Lipinski definition) is 1. The van der Waals surface area contributed by atoms with Crippen molar-refractivity contribution in [3.8, 4) is 0 Å². The van der Waals surface area contributed by atoms with Gasteiger partial charge in [0.05, 0.1) is 6.10 Å². The maximum Gasteiger partial charge on any atom is 0.168 e. The highest BCUT2D eigenvalue weighted by molar-refractivity contribution is 14.1. The third-order valence-corrected chi connectivity index (χ3v) is 3.11. The summed E-state index contributed by atoms with van der Waals surface area (Å²) in [4.78, 5) is 11.9. The van der Waals surface area contributed by atoms with E-state index in [0.717, 1.165) is 9.13 Å². The summed E-state index contributed by atoms with van der Waals surface area (Å²) in [6.07, 6.45) is -1.20. The third-order valence-electron chi connectivity index (χ3n) is 2.39. The number of benzene rings is 1. The molecule has 1 rings (SSSR count). The van der Waals surface area contributed by atoms with Crippen molar-refractivity contribution >= 4 is 28.4 Å². The van der Waals surface area contributed by atoms with Gasteiger partial charge in [-0.05, 0) is 54.1 Å². The second kappa shape index (κ2) is 7.08. The molecule has 4 heteroatoms. The van der Waals surface area contributed by atoms with E-state index in [4.69, 9.17) is 4.74 Å². The van der Waals surface area contributed by atoms with Crippen LogP contribution >= 0.6 is 22.6 Å². The summed E-state index contributed by atoms with van der Waals surface area (Å²) in [6.45, 7) is 3.81. The van der Waals surface area contributed by atoms with E-state index >= 15 is 0 Å². The maximum atomic E-state index is 11.9. The number of ketones is 1. The van der Waals surface area contributed by atoms with Gasteiger partial charge in [-0.15, -0.1) is 0 Å². The van der Waals surface area contributed by atoms with Crippen LogP contribution in [0, 0.1) is 3.57 Å². The summed E-state index contributed by atoms with van der Waals surface area (Å²) in [7, 11) is 0. The Morgan fingerprint density at radius 2 is 2.00 bits per heavy atom. The molecule has 0 saturated carbocycles. The van der Waals surface area contributed by atoms with Crippen molar-refractivity contribution in [2.75, 3.05) is 6.61 Å². The number of ether oxygens (including phenoxy) is 1. The van der Waals surface area contributed by atoms with Gasteiger partial charge in [-0.3, -0.25) is 4.79 Å². The number of aliphatic hydroxyl groups excluding tert-OH is 1. The first-order valence-corrected chi connectivity index (χ1v) is 6.69. The molecule has 0 aliphatic heterocycles. The maximum absolute atomic E-state index is 11.9. The molecule has 0 aromatic heterocycles. The van der Waals surface area contributed by atoms with E-state index in [2.05, 4.69) is 22.6 Å². The van der Waals surface area contributed by atoms with Crippen molar-refractivity contribution < 1.29 is 14.6 Å². The predicted molar refractivity (Wildman–Crippen MR) is 75.0 cm³/mol. The molecule has 0 aliphatic carbocycles. The molecule has 0 radical (unpaired) electrons. The number of hydrogen-bond acceptors (Lipinski definition) is 3. The lowest BCUT2D eigenvalue weighted by molar-refractivity contribution is -0.136. The fourth-order valence-corrected chi connectivity index (χ4v) is 1.94. The molecule has 3 nitrogen and oxygen atoms in total. The van der Waals surface area contributed by atoms with Gasteiger partial charge in [0.2, 0.25) is 0 Å². The van der Waals surface area contributed by atoms with Gasteiger partial charge in [0.25, 0.3) is 0 Å². The molecule has 0 aliphatic rings. The minimum absolute atomic E-state index is 0.0805. The topological polar surface area (TPSA) is 46.5 Å². The van der Waals surface area contributed by atoms with Crippen LogP contribution in [0.2, 0.25) is 0 Å². The second-order valence-corrected chi connectivity index (χ2v) is 5.13. The van der Waals surface area contributed by atoms with E-state index in [1.807, 2.05) is 31.2 Å². The largest absolute Gasteiger partial charge is 0.390 e. The van der Waals surface area contributed by atoms with Gasteiger partial charge in [-0.2, -0.15) is 0 Å². The standard InChI is InChI=1S/C13H17IO3/c1-3-17-13(9(2)15)12(16)8-10-4-6-11(14)7-5-10/h4-7,9,13,15H,3,8H2,1-2H3. The number of halogens is 1. The molecule has 0 fully saturated rings. The number of carbonyl (C=O) groups is 1. The van der Waals surface area contributed by atoms with Crippen LogP contribution in [-0.2, 0) is 16.0 Å². The molecular weight excluding hydrogens is 331 g/mol. The van der Waals surface area contributed by atoms with Gasteiger partial charge in [0.1, 0.15) is 6.10 Å². The summed E-state index contributed by atoms with van der Waals surface area (Å²) < 4.78 is 6.39. The Labute approximate surface area is 115 Å². The average Bonchev–Trinajstić information content (AvgIpc) is 2.28. The molecule has 2 atom stereocenters. The average molecular weight is 348 g/mol. The van der Waals surface area contributed by atoms with E-state index in [0.29, 0.717) is 13.0 Å². The SMILES string of the molecule is CCOC(C(=O)Cc1ccc(I)cc1)C(C)O. The lowest BCUT2D eigenvalue weighted by Crippen LogP contribution is -2.35. The molecule has 2 unspecified atom stereocenters. The Bertz CT molecular complexity index is 359. The van der Waals surface area contributed by atoms with Crippen molar-refractivity contribution in [2.45, 2.75) is 32.5 Å². The van der Waals surface area contributed by atoms with Crippen LogP contribution in [0.4, 0.5) is 0 Å². The van der Waals surface area contributed by atoms with Crippen LogP contribution in [0.3, 0.4) is 0 Å².